The minimum absolute atomic E-state index is 0.515. The Morgan fingerprint density at radius 2 is 2.00 bits per heavy atom. The third kappa shape index (κ3) is 2.20. The molecule has 0 bridgehead atoms. The van der Waals surface area contributed by atoms with Crippen LogP contribution >= 0.6 is 23.1 Å². The number of thiophene rings is 1. The van der Waals surface area contributed by atoms with Crippen molar-refractivity contribution in [3.63, 3.8) is 0 Å². The van der Waals surface area contributed by atoms with Gasteiger partial charge >= 0.3 is 128 Å². The van der Waals surface area contributed by atoms with E-state index in [-0.39, 0.29) is 0 Å². The summed E-state index contributed by atoms with van der Waals surface area (Å²) in [6.45, 7) is 7.05. The molecule has 0 saturated carbocycles. The molecule has 1 aliphatic rings. The Morgan fingerprint density at radius 1 is 1.33 bits per heavy atom. The van der Waals surface area contributed by atoms with Crippen LogP contribution < -0.4 is 2.89 Å². The molecular formula is C11H18S2Sn2. The first-order valence-electron chi connectivity index (χ1n) is 5.38. The molecule has 1 aliphatic heterocycles. The van der Waals surface area contributed by atoms with Crippen molar-refractivity contribution in [1.29, 1.82) is 0 Å². The monoisotopic (exact) mass is 454 g/mol. The quantitative estimate of drug-likeness (QED) is 0.573. The number of thioether (sulfide) groups is 1. The molecule has 0 amide bonds. The molecule has 2 unspecified atom stereocenters. The molecule has 0 aromatic carbocycles. The molecule has 0 spiro atoms. The molecule has 0 radical (unpaired) electrons. The van der Waals surface area contributed by atoms with Gasteiger partial charge in [0.25, 0.3) is 0 Å². The molecule has 15 heavy (non-hydrogen) atoms. The van der Waals surface area contributed by atoms with Crippen LogP contribution in [0.2, 0.25) is 0 Å². The minimum atomic E-state index is 0.515. The van der Waals surface area contributed by atoms with Crippen molar-refractivity contribution < 1.29 is 0 Å². The zero-order valence-electron chi connectivity index (χ0n) is 10.0. The van der Waals surface area contributed by atoms with Crippen molar-refractivity contribution in [3.8, 4) is 0 Å². The Balaban J connectivity index is 2.39. The van der Waals surface area contributed by atoms with E-state index in [0.717, 1.165) is 5.92 Å². The van der Waals surface area contributed by atoms with Gasteiger partial charge in [-0.25, -0.2) is 0 Å². The van der Waals surface area contributed by atoms with Crippen molar-refractivity contribution in [3.05, 3.63) is 27.5 Å². The van der Waals surface area contributed by atoms with Gasteiger partial charge in [-0.15, -0.1) is 0 Å². The Kier molecular flexibility index (Phi) is 3.91. The van der Waals surface area contributed by atoms with E-state index in [4.69, 9.17) is 0 Å². The molecular weight excluding hydrogens is 434 g/mol. The van der Waals surface area contributed by atoms with E-state index in [1.165, 1.54) is 0 Å². The van der Waals surface area contributed by atoms with E-state index in [1.54, 1.807) is 18.2 Å². The summed E-state index contributed by atoms with van der Waals surface area (Å²) in [6, 6.07) is 4.77. The van der Waals surface area contributed by atoms with Gasteiger partial charge in [-0.3, -0.25) is 0 Å². The molecule has 1 aromatic heterocycles. The van der Waals surface area contributed by atoms with Crippen LogP contribution in [0, 0.1) is 5.92 Å². The van der Waals surface area contributed by atoms with Crippen molar-refractivity contribution in [2.45, 2.75) is 23.5 Å². The average Bonchev–Trinajstić information content (AvgIpc) is 2.68. The fourth-order valence-corrected chi connectivity index (χ4v) is 12.5. The van der Waals surface area contributed by atoms with Crippen molar-refractivity contribution in [2.75, 3.05) is 0 Å². The van der Waals surface area contributed by atoms with E-state index in [2.05, 4.69) is 56.0 Å². The molecule has 4 heteroatoms. The van der Waals surface area contributed by atoms with Gasteiger partial charge in [-0.2, -0.15) is 0 Å². The van der Waals surface area contributed by atoms with Crippen LogP contribution in [0.15, 0.2) is 22.6 Å². The van der Waals surface area contributed by atoms with E-state index in [1.807, 2.05) is 0 Å². The summed E-state index contributed by atoms with van der Waals surface area (Å²) in [6.07, 6.45) is 0. The predicted molar refractivity (Wildman–Crippen MR) is 80.6 cm³/mol. The van der Waals surface area contributed by atoms with E-state index < -0.39 is 0 Å². The van der Waals surface area contributed by atoms with Crippen LogP contribution in [-0.2, 0) is 2.76 Å². The van der Waals surface area contributed by atoms with Crippen molar-refractivity contribution >= 4 is 71.0 Å². The van der Waals surface area contributed by atoms with Gasteiger partial charge < -0.3 is 0 Å². The van der Waals surface area contributed by atoms with Gasteiger partial charge in [-0.1, -0.05) is 0 Å². The fourth-order valence-electron chi connectivity index (χ4n) is 2.17. The molecule has 1 aromatic rings. The first-order valence-corrected chi connectivity index (χ1v) is 12.7. The maximum atomic E-state index is 2.42. The third-order valence-corrected chi connectivity index (χ3v) is 16.1. The maximum absolute atomic E-state index is 2.42. The summed E-state index contributed by atoms with van der Waals surface area (Å²) in [7, 11) is 0. The summed E-state index contributed by atoms with van der Waals surface area (Å²) in [4.78, 5) is 3.25. The molecule has 0 fully saturated rings. The summed E-state index contributed by atoms with van der Waals surface area (Å²) < 4.78 is 2.18. The summed E-state index contributed by atoms with van der Waals surface area (Å²) in [5.74, 6) is 0.770. The summed E-state index contributed by atoms with van der Waals surface area (Å²) in [5, 5.41) is 0. The Bertz CT molecular complexity index is 422. The molecule has 0 nitrogen and oxygen atoms in total. The second-order valence-electron chi connectivity index (χ2n) is 4.58. The Hall–Kier alpha value is 1.39. The van der Waals surface area contributed by atoms with Crippen LogP contribution in [0.1, 0.15) is 25.6 Å². The topological polar surface area (TPSA) is 0 Å². The Morgan fingerprint density at radius 3 is 2.40 bits per heavy atom. The van der Waals surface area contributed by atoms with Gasteiger partial charge in [0.15, 0.2) is 0 Å². The summed E-state index contributed by atoms with van der Waals surface area (Å²) in [5.41, 5.74) is 1.63. The molecule has 82 valence electrons. The third-order valence-electron chi connectivity index (χ3n) is 3.63. The van der Waals surface area contributed by atoms with E-state index in [0.29, 0.717) is 47.8 Å². The second kappa shape index (κ2) is 4.57. The zero-order valence-corrected chi connectivity index (χ0v) is 23.1. The van der Waals surface area contributed by atoms with Crippen LogP contribution in [0.4, 0.5) is 0 Å². The zero-order chi connectivity index (χ0) is 11.2. The number of rotatable bonds is 1. The molecule has 0 saturated heterocycles. The van der Waals surface area contributed by atoms with Gasteiger partial charge in [0.2, 0.25) is 0 Å². The van der Waals surface area contributed by atoms with Crippen LogP contribution in [-0.4, -0.2) is 45.0 Å². The first-order chi connectivity index (χ1) is 6.95. The standard InChI is InChI=1S/C11H12S2.2Sn.6H/c1-7-8(2)11(13-9(7)3)10-5-4-6-12-10;;;;;;;;/h4-5,8H,1-3H3;;;;;;;;. The number of allylic oxidation sites excluding steroid dienone is 2. The molecule has 2 atom stereocenters. The first kappa shape index (κ1) is 12.8. The van der Waals surface area contributed by atoms with Gasteiger partial charge in [-0.05, 0) is 0 Å². The number of hydrogen-bond donors (Lipinski definition) is 0. The SMILES string of the molecule is CC1=C(C)C(C)[C]([SnH3])(c2cc[c]([SnH3])s2)S1. The van der Waals surface area contributed by atoms with Gasteiger partial charge in [0, 0.05) is 0 Å². The van der Waals surface area contributed by atoms with Crippen LogP contribution in [0.25, 0.3) is 0 Å². The van der Waals surface area contributed by atoms with Crippen molar-refractivity contribution in [1.82, 2.24) is 0 Å². The molecule has 2 heterocycles. The van der Waals surface area contributed by atoms with Crippen molar-refractivity contribution in [2.24, 2.45) is 5.92 Å². The van der Waals surface area contributed by atoms with E-state index in [9.17, 15) is 0 Å². The van der Waals surface area contributed by atoms with Gasteiger partial charge in [0.05, 0.1) is 0 Å². The average molecular weight is 452 g/mol. The summed E-state index contributed by atoms with van der Waals surface area (Å²) >= 11 is 5.59. The van der Waals surface area contributed by atoms with Crippen LogP contribution in [0.5, 0.6) is 0 Å². The predicted octanol–water partition coefficient (Wildman–Crippen LogP) is 0.934. The number of hydrogen-bond acceptors (Lipinski definition) is 2. The molecule has 0 aliphatic carbocycles. The second-order valence-corrected chi connectivity index (χ2v) is 19.2. The Labute approximate surface area is 126 Å². The van der Waals surface area contributed by atoms with Gasteiger partial charge in [0.1, 0.15) is 0 Å². The fraction of sp³-hybridized carbons (Fsp3) is 0.455. The van der Waals surface area contributed by atoms with E-state index >= 15 is 0 Å². The van der Waals surface area contributed by atoms with Crippen LogP contribution in [0.3, 0.4) is 0 Å². The normalized spacial score (nSPS) is 31.8. The molecule has 0 N–H and O–H groups in total. The molecule has 2 rings (SSSR count).